The molecular formula is C14H16ClN3O2. The third-order valence-electron chi connectivity index (χ3n) is 3.05. The van der Waals surface area contributed by atoms with Crippen LogP contribution in [-0.4, -0.2) is 14.5 Å². The van der Waals surface area contributed by atoms with Crippen molar-refractivity contribution in [1.29, 1.82) is 0 Å². The summed E-state index contributed by atoms with van der Waals surface area (Å²) in [6.07, 6.45) is 3.56. The highest BCUT2D eigenvalue weighted by Crippen LogP contribution is 2.08. The van der Waals surface area contributed by atoms with Crippen molar-refractivity contribution in [2.75, 3.05) is 0 Å². The van der Waals surface area contributed by atoms with Crippen LogP contribution in [0.5, 0.6) is 0 Å². The van der Waals surface area contributed by atoms with Crippen molar-refractivity contribution in [3.63, 3.8) is 0 Å². The van der Waals surface area contributed by atoms with Gasteiger partial charge in [0, 0.05) is 24.9 Å². The van der Waals surface area contributed by atoms with E-state index < -0.39 is 5.69 Å². The van der Waals surface area contributed by atoms with Crippen LogP contribution in [0, 0.1) is 0 Å². The molecule has 0 bridgehead atoms. The molecule has 0 aliphatic heterocycles. The minimum absolute atomic E-state index is 0.149. The fraction of sp³-hybridized carbons (Fsp3) is 0.357. The molecular weight excluding hydrogens is 278 g/mol. The quantitative estimate of drug-likeness (QED) is 0.855. The second-order valence-electron chi connectivity index (χ2n) is 4.50. The summed E-state index contributed by atoms with van der Waals surface area (Å²) in [6.45, 7) is 2.25. The summed E-state index contributed by atoms with van der Waals surface area (Å²) in [4.78, 5) is 30.8. The lowest BCUT2D eigenvalue weighted by molar-refractivity contribution is 0.611. The molecule has 0 fully saturated rings. The van der Waals surface area contributed by atoms with Crippen molar-refractivity contribution in [3.05, 3.63) is 61.6 Å². The number of pyridine rings is 1. The number of H-pyrrole nitrogens is 1. The van der Waals surface area contributed by atoms with Crippen molar-refractivity contribution in [3.8, 4) is 0 Å². The molecule has 2 heterocycles. The summed E-state index contributed by atoms with van der Waals surface area (Å²) < 4.78 is 1.19. The molecule has 0 aromatic carbocycles. The average Bonchev–Trinajstić information content (AvgIpc) is 2.44. The van der Waals surface area contributed by atoms with E-state index in [9.17, 15) is 9.59 Å². The van der Waals surface area contributed by atoms with Crippen molar-refractivity contribution in [1.82, 2.24) is 14.5 Å². The SMILES string of the molecule is CCCc1c(Cl)[nH]c(=O)n(CCc2ccccn2)c1=O. The predicted molar refractivity (Wildman–Crippen MR) is 78.3 cm³/mol. The van der Waals surface area contributed by atoms with E-state index in [1.54, 1.807) is 6.20 Å². The fourth-order valence-corrected chi connectivity index (χ4v) is 2.28. The molecule has 0 radical (unpaired) electrons. The van der Waals surface area contributed by atoms with Gasteiger partial charge in [-0.2, -0.15) is 0 Å². The monoisotopic (exact) mass is 293 g/mol. The van der Waals surface area contributed by atoms with Gasteiger partial charge in [-0.3, -0.25) is 19.3 Å². The lowest BCUT2D eigenvalue weighted by atomic mass is 10.2. The van der Waals surface area contributed by atoms with Gasteiger partial charge in [0.1, 0.15) is 5.15 Å². The highest BCUT2D eigenvalue weighted by atomic mass is 35.5. The second-order valence-corrected chi connectivity index (χ2v) is 4.88. The standard InChI is InChI=1S/C14H16ClN3O2/c1-2-5-11-12(15)17-14(20)18(13(11)19)9-7-10-6-3-4-8-16-10/h3-4,6,8H,2,5,7,9H2,1H3,(H,17,20). The first-order valence-electron chi connectivity index (χ1n) is 6.55. The Labute approximate surface area is 121 Å². The van der Waals surface area contributed by atoms with Gasteiger partial charge in [0.2, 0.25) is 0 Å². The van der Waals surface area contributed by atoms with Crippen molar-refractivity contribution in [2.24, 2.45) is 0 Å². The Morgan fingerprint density at radius 2 is 2.10 bits per heavy atom. The van der Waals surface area contributed by atoms with Gasteiger partial charge in [0.15, 0.2) is 0 Å². The first-order chi connectivity index (χ1) is 9.63. The summed E-state index contributed by atoms with van der Waals surface area (Å²) in [5.74, 6) is 0. The number of rotatable bonds is 5. The van der Waals surface area contributed by atoms with Gasteiger partial charge in [-0.25, -0.2) is 4.79 Å². The zero-order valence-electron chi connectivity index (χ0n) is 11.2. The molecule has 1 N–H and O–H groups in total. The van der Waals surface area contributed by atoms with E-state index in [2.05, 4.69) is 9.97 Å². The lowest BCUT2D eigenvalue weighted by Gasteiger charge is -2.08. The summed E-state index contributed by atoms with van der Waals surface area (Å²) in [6, 6.07) is 5.56. The molecule has 20 heavy (non-hydrogen) atoms. The van der Waals surface area contributed by atoms with E-state index in [0.717, 1.165) is 12.1 Å². The molecule has 0 atom stereocenters. The molecule has 0 amide bonds. The maximum Gasteiger partial charge on any atom is 0.329 e. The summed E-state index contributed by atoms with van der Waals surface area (Å²) in [7, 11) is 0. The molecule has 2 rings (SSSR count). The third kappa shape index (κ3) is 3.17. The van der Waals surface area contributed by atoms with Gasteiger partial charge in [0.25, 0.3) is 5.56 Å². The summed E-state index contributed by atoms with van der Waals surface area (Å²) in [5, 5.41) is 0.149. The van der Waals surface area contributed by atoms with Crippen molar-refractivity contribution >= 4 is 11.6 Å². The maximum absolute atomic E-state index is 12.3. The van der Waals surface area contributed by atoms with E-state index in [1.807, 2.05) is 25.1 Å². The molecule has 0 aliphatic carbocycles. The summed E-state index contributed by atoms with van der Waals surface area (Å²) in [5.41, 5.74) is 0.521. The molecule has 0 spiro atoms. The van der Waals surface area contributed by atoms with E-state index in [0.29, 0.717) is 24.9 Å². The molecule has 2 aromatic heterocycles. The van der Waals surface area contributed by atoms with Crippen LogP contribution in [0.4, 0.5) is 0 Å². The first-order valence-corrected chi connectivity index (χ1v) is 6.92. The molecule has 106 valence electrons. The van der Waals surface area contributed by atoms with Crippen molar-refractivity contribution < 1.29 is 0 Å². The van der Waals surface area contributed by atoms with Crippen LogP contribution >= 0.6 is 11.6 Å². The van der Waals surface area contributed by atoms with Crippen LogP contribution in [0.3, 0.4) is 0 Å². The summed E-state index contributed by atoms with van der Waals surface area (Å²) >= 11 is 5.92. The topological polar surface area (TPSA) is 67.8 Å². The number of aromatic nitrogens is 3. The Kier molecular flexibility index (Phi) is 4.74. The van der Waals surface area contributed by atoms with Crippen LogP contribution in [0.15, 0.2) is 34.0 Å². The Morgan fingerprint density at radius 1 is 1.30 bits per heavy atom. The predicted octanol–water partition coefficient (Wildman–Crippen LogP) is 1.78. The zero-order chi connectivity index (χ0) is 14.5. The smallest absolute Gasteiger partial charge is 0.297 e. The van der Waals surface area contributed by atoms with Crippen LogP contribution in [0.25, 0.3) is 0 Å². The molecule has 0 saturated carbocycles. The van der Waals surface area contributed by atoms with Gasteiger partial charge >= 0.3 is 5.69 Å². The van der Waals surface area contributed by atoms with Crippen molar-refractivity contribution in [2.45, 2.75) is 32.7 Å². The normalized spacial score (nSPS) is 10.7. The van der Waals surface area contributed by atoms with Crippen LogP contribution < -0.4 is 11.2 Å². The van der Waals surface area contributed by atoms with E-state index in [-0.39, 0.29) is 10.7 Å². The highest BCUT2D eigenvalue weighted by Gasteiger charge is 2.11. The van der Waals surface area contributed by atoms with Gasteiger partial charge in [-0.1, -0.05) is 31.0 Å². The van der Waals surface area contributed by atoms with Crippen LogP contribution in [0.2, 0.25) is 5.15 Å². The van der Waals surface area contributed by atoms with Crippen LogP contribution in [-0.2, 0) is 19.4 Å². The number of aromatic amines is 1. The van der Waals surface area contributed by atoms with Gasteiger partial charge in [-0.05, 0) is 18.6 Å². The maximum atomic E-state index is 12.3. The Morgan fingerprint density at radius 3 is 2.75 bits per heavy atom. The van der Waals surface area contributed by atoms with E-state index in [1.165, 1.54) is 4.57 Å². The average molecular weight is 294 g/mol. The number of hydrogen-bond acceptors (Lipinski definition) is 3. The molecule has 0 saturated heterocycles. The zero-order valence-corrected chi connectivity index (χ0v) is 12.0. The highest BCUT2D eigenvalue weighted by molar-refractivity contribution is 6.30. The Balaban J connectivity index is 2.30. The number of nitrogens with zero attached hydrogens (tertiary/aromatic N) is 2. The van der Waals surface area contributed by atoms with E-state index in [4.69, 9.17) is 11.6 Å². The lowest BCUT2D eigenvalue weighted by Crippen LogP contribution is -2.38. The third-order valence-corrected chi connectivity index (χ3v) is 3.37. The molecule has 5 nitrogen and oxygen atoms in total. The van der Waals surface area contributed by atoms with Gasteiger partial charge < -0.3 is 0 Å². The minimum atomic E-state index is -0.476. The molecule has 2 aromatic rings. The Hall–Kier alpha value is -1.88. The number of aryl methyl sites for hydroxylation is 1. The number of hydrogen-bond donors (Lipinski definition) is 1. The van der Waals surface area contributed by atoms with Gasteiger partial charge in [0.05, 0.1) is 5.56 Å². The number of halogens is 1. The largest absolute Gasteiger partial charge is 0.329 e. The molecule has 0 aliphatic rings. The fourth-order valence-electron chi connectivity index (χ4n) is 2.03. The van der Waals surface area contributed by atoms with E-state index >= 15 is 0 Å². The molecule has 0 unspecified atom stereocenters. The van der Waals surface area contributed by atoms with Crippen LogP contribution in [0.1, 0.15) is 24.6 Å². The second kappa shape index (κ2) is 6.52. The number of nitrogens with one attached hydrogen (secondary N) is 1. The first kappa shape index (κ1) is 14.5. The molecule has 6 heteroatoms. The minimum Gasteiger partial charge on any atom is -0.297 e. The van der Waals surface area contributed by atoms with Gasteiger partial charge in [-0.15, -0.1) is 0 Å². The Bertz CT molecular complexity index is 692.